The third-order valence-electron chi connectivity index (χ3n) is 3.02. The second-order valence-electron chi connectivity index (χ2n) is 4.89. The zero-order valence-electron chi connectivity index (χ0n) is 13.4. The summed E-state index contributed by atoms with van der Waals surface area (Å²) >= 11 is 0. The molecular weight excluding hydrogens is 270 g/mol. The Kier molecular flexibility index (Phi) is 6.87. The van der Waals surface area contributed by atoms with E-state index in [1.165, 1.54) is 0 Å². The van der Waals surface area contributed by atoms with E-state index in [0.29, 0.717) is 19.0 Å². The van der Waals surface area contributed by atoms with Gasteiger partial charge >= 0.3 is 0 Å². The average Bonchev–Trinajstić information content (AvgIpc) is 2.46. The van der Waals surface area contributed by atoms with E-state index < -0.39 is 0 Å². The highest BCUT2D eigenvalue weighted by molar-refractivity contribution is 5.78. The first kappa shape index (κ1) is 17.2. The van der Waals surface area contributed by atoms with Gasteiger partial charge in [-0.05, 0) is 6.92 Å². The number of carbonyl (C=O) groups is 1. The van der Waals surface area contributed by atoms with Crippen LogP contribution in [-0.2, 0) is 16.1 Å². The number of carbonyl (C=O) groups excluding carboxylic acids is 1. The van der Waals surface area contributed by atoms with E-state index in [2.05, 4.69) is 20.6 Å². The van der Waals surface area contributed by atoms with Crippen LogP contribution in [0.25, 0.3) is 0 Å². The standard InChI is InChI=1S/C14H25N5O2/c1-6-16-11-7-13(18-12(17-11)9-21-5)19(4)8-10(2)14(20)15-3/h7,10H,6,8-9H2,1-5H3,(H,15,20)(H,16,17,18). The topological polar surface area (TPSA) is 79.4 Å². The summed E-state index contributed by atoms with van der Waals surface area (Å²) in [5.74, 6) is 2.03. The quantitative estimate of drug-likeness (QED) is 0.741. The third-order valence-corrected chi connectivity index (χ3v) is 3.02. The van der Waals surface area contributed by atoms with Crippen LogP contribution in [0.15, 0.2) is 6.07 Å². The zero-order chi connectivity index (χ0) is 15.8. The van der Waals surface area contributed by atoms with Crippen LogP contribution >= 0.6 is 0 Å². The van der Waals surface area contributed by atoms with Crippen LogP contribution in [0.3, 0.4) is 0 Å². The molecule has 1 heterocycles. The van der Waals surface area contributed by atoms with Gasteiger partial charge in [0.25, 0.3) is 0 Å². The number of hydrogen-bond donors (Lipinski definition) is 2. The predicted octanol–water partition coefficient (Wildman–Crippen LogP) is 0.873. The highest BCUT2D eigenvalue weighted by atomic mass is 16.5. The van der Waals surface area contributed by atoms with Gasteiger partial charge in [0.05, 0.1) is 5.92 Å². The summed E-state index contributed by atoms with van der Waals surface area (Å²) in [5.41, 5.74) is 0. The second-order valence-corrected chi connectivity index (χ2v) is 4.89. The lowest BCUT2D eigenvalue weighted by molar-refractivity contribution is -0.123. The summed E-state index contributed by atoms with van der Waals surface area (Å²) in [6.07, 6.45) is 0. The number of hydrogen-bond acceptors (Lipinski definition) is 6. The van der Waals surface area contributed by atoms with Crippen LogP contribution in [0.1, 0.15) is 19.7 Å². The Morgan fingerprint density at radius 1 is 1.48 bits per heavy atom. The first-order chi connectivity index (χ1) is 10.0. The van der Waals surface area contributed by atoms with Crippen molar-refractivity contribution in [2.75, 3.05) is 44.5 Å². The molecule has 21 heavy (non-hydrogen) atoms. The summed E-state index contributed by atoms with van der Waals surface area (Å²) < 4.78 is 5.10. The van der Waals surface area contributed by atoms with Gasteiger partial charge in [0.1, 0.15) is 18.2 Å². The van der Waals surface area contributed by atoms with Gasteiger partial charge in [0, 0.05) is 40.4 Å². The van der Waals surface area contributed by atoms with Crippen molar-refractivity contribution in [1.82, 2.24) is 15.3 Å². The van der Waals surface area contributed by atoms with E-state index in [9.17, 15) is 4.79 Å². The highest BCUT2D eigenvalue weighted by Crippen LogP contribution is 2.16. The molecular formula is C14H25N5O2. The Hall–Kier alpha value is -1.89. The van der Waals surface area contributed by atoms with Crippen molar-refractivity contribution >= 4 is 17.5 Å². The average molecular weight is 295 g/mol. The zero-order valence-corrected chi connectivity index (χ0v) is 13.4. The number of methoxy groups -OCH3 is 1. The van der Waals surface area contributed by atoms with E-state index in [1.54, 1.807) is 14.2 Å². The predicted molar refractivity (Wildman–Crippen MR) is 83.4 cm³/mol. The van der Waals surface area contributed by atoms with E-state index in [4.69, 9.17) is 4.74 Å². The monoisotopic (exact) mass is 295 g/mol. The first-order valence-electron chi connectivity index (χ1n) is 7.05. The molecule has 0 saturated heterocycles. The molecule has 0 fully saturated rings. The summed E-state index contributed by atoms with van der Waals surface area (Å²) in [4.78, 5) is 22.4. The van der Waals surface area contributed by atoms with Crippen molar-refractivity contribution < 1.29 is 9.53 Å². The highest BCUT2D eigenvalue weighted by Gasteiger charge is 2.16. The van der Waals surface area contributed by atoms with Crippen molar-refractivity contribution in [3.63, 3.8) is 0 Å². The van der Waals surface area contributed by atoms with Crippen LogP contribution in [0, 0.1) is 5.92 Å². The molecule has 1 aromatic heterocycles. The molecule has 1 atom stereocenters. The maximum Gasteiger partial charge on any atom is 0.224 e. The minimum atomic E-state index is -0.122. The van der Waals surface area contributed by atoms with Gasteiger partial charge in [0.15, 0.2) is 5.82 Å². The fourth-order valence-electron chi connectivity index (χ4n) is 1.98. The van der Waals surface area contributed by atoms with Crippen LogP contribution in [0.2, 0.25) is 0 Å². The number of amides is 1. The maximum absolute atomic E-state index is 11.6. The smallest absolute Gasteiger partial charge is 0.224 e. The molecule has 0 bridgehead atoms. The number of anilines is 2. The summed E-state index contributed by atoms with van der Waals surface area (Å²) in [7, 11) is 5.16. The molecule has 1 amide bonds. The van der Waals surface area contributed by atoms with Gasteiger partial charge in [-0.1, -0.05) is 6.92 Å². The van der Waals surface area contributed by atoms with Gasteiger partial charge in [0.2, 0.25) is 5.91 Å². The number of ether oxygens (including phenoxy) is 1. The van der Waals surface area contributed by atoms with E-state index in [0.717, 1.165) is 18.2 Å². The van der Waals surface area contributed by atoms with Crippen LogP contribution in [0.5, 0.6) is 0 Å². The molecule has 118 valence electrons. The Balaban J connectivity index is 2.90. The molecule has 7 nitrogen and oxygen atoms in total. The van der Waals surface area contributed by atoms with Crippen LogP contribution in [-0.4, -0.2) is 50.2 Å². The fraction of sp³-hybridized carbons (Fsp3) is 0.643. The lowest BCUT2D eigenvalue weighted by Crippen LogP contribution is -2.34. The molecule has 7 heteroatoms. The van der Waals surface area contributed by atoms with Crippen molar-refractivity contribution in [1.29, 1.82) is 0 Å². The van der Waals surface area contributed by atoms with Crippen LogP contribution < -0.4 is 15.5 Å². The van der Waals surface area contributed by atoms with E-state index >= 15 is 0 Å². The molecule has 0 saturated carbocycles. The van der Waals surface area contributed by atoms with Crippen molar-refractivity contribution in [3.05, 3.63) is 11.9 Å². The molecule has 0 radical (unpaired) electrons. The van der Waals surface area contributed by atoms with Crippen molar-refractivity contribution in [2.45, 2.75) is 20.5 Å². The number of rotatable bonds is 8. The third kappa shape index (κ3) is 5.18. The molecule has 1 aromatic rings. The van der Waals surface area contributed by atoms with Crippen LogP contribution in [0.4, 0.5) is 11.6 Å². The summed E-state index contributed by atoms with van der Waals surface area (Å²) in [6.45, 7) is 5.61. The molecule has 0 spiro atoms. The molecule has 0 aliphatic rings. The van der Waals surface area contributed by atoms with Gasteiger partial charge in [-0.3, -0.25) is 4.79 Å². The van der Waals surface area contributed by atoms with Gasteiger partial charge in [-0.2, -0.15) is 0 Å². The summed E-state index contributed by atoms with van der Waals surface area (Å²) in [6, 6.07) is 1.87. The minimum Gasteiger partial charge on any atom is -0.377 e. The maximum atomic E-state index is 11.6. The number of nitrogens with one attached hydrogen (secondary N) is 2. The second kappa shape index (κ2) is 8.41. The first-order valence-corrected chi connectivity index (χ1v) is 7.05. The molecule has 1 unspecified atom stereocenters. The van der Waals surface area contributed by atoms with Gasteiger partial charge in [-0.15, -0.1) is 0 Å². The lowest BCUT2D eigenvalue weighted by atomic mass is 10.1. The van der Waals surface area contributed by atoms with E-state index in [1.807, 2.05) is 31.9 Å². The molecule has 0 aliphatic heterocycles. The van der Waals surface area contributed by atoms with Crippen molar-refractivity contribution in [3.8, 4) is 0 Å². The number of aromatic nitrogens is 2. The Morgan fingerprint density at radius 2 is 2.19 bits per heavy atom. The SMILES string of the molecule is CCNc1cc(N(C)CC(C)C(=O)NC)nc(COC)n1. The minimum absolute atomic E-state index is 0.0138. The van der Waals surface area contributed by atoms with Crippen molar-refractivity contribution in [2.24, 2.45) is 5.92 Å². The molecule has 0 aromatic carbocycles. The van der Waals surface area contributed by atoms with Gasteiger partial charge < -0.3 is 20.3 Å². The fourth-order valence-corrected chi connectivity index (χ4v) is 1.98. The van der Waals surface area contributed by atoms with E-state index in [-0.39, 0.29) is 11.8 Å². The molecule has 2 N–H and O–H groups in total. The molecule has 1 rings (SSSR count). The Bertz CT molecular complexity index is 442. The normalized spacial score (nSPS) is 11.9. The Morgan fingerprint density at radius 3 is 2.76 bits per heavy atom. The number of nitrogens with zero attached hydrogens (tertiary/aromatic N) is 3. The Labute approximate surface area is 126 Å². The molecule has 0 aliphatic carbocycles. The lowest BCUT2D eigenvalue weighted by Gasteiger charge is -2.22. The summed E-state index contributed by atoms with van der Waals surface area (Å²) in [5, 5.41) is 5.83. The largest absolute Gasteiger partial charge is 0.377 e. The van der Waals surface area contributed by atoms with Gasteiger partial charge in [-0.25, -0.2) is 9.97 Å².